The van der Waals surface area contributed by atoms with Crippen molar-refractivity contribution in [1.29, 1.82) is 0 Å². The standard InChI is InChI=1S/C13H18Cl2N2O/c1-9-3-2-4-13(18,6-9)8-17-12-11(15)5-10(14)7-16-12/h5,7,9,18H,2-4,6,8H2,1H3,(H,16,17). The van der Waals surface area contributed by atoms with E-state index in [0.717, 1.165) is 19.3 Å². The van der Waals surface area contributed by atoms with Gasteiger partial charge < -0.3 is 10.4 Å². The van der Waals surface area contributed by atoms with Gasteiger partial charge in [0.1, 0.15) is 5.82 Å². The Labute approximate surface area is 118 Å². The molecule has 0 aliphatic heterocycles. The largest absolute Gasteiger partial charge is 0.388 e. The Morgan fingerprint density at radius 1 is 1.56 bits per heavy atom. The summed E-state index contributed by atoms with van der Waals surface area (Å²) in [7, 11) is 0. The van der Waals surface area contributed by atoms with E-state index in [1.54, 1.807) is 12.3 Å². The van der Waals surface area contributed by atoms with Crippen molar-refractivity contribution >= 4 is 29.0 Å². The molecular weight excluding hydrogens is 271 g/mol. The number of aromatic nitrogens is 1. The third-order valence-electron chi connectivity index (χ3n) is 3.46. The zero-order valence-electron chi connectivity index (χ0n) is 10.4. The quantitative estimate of drug-likeness (QED) is 0.891. The number of aliphatic hydroxyl groups is 1. The summed E-state index contributed by atoms with van der Waals surface area (Å²) in [5.74, 6) is 1.15. The molecule has 0 spiro atoms. The minimum absolute atomic E-state index is 0.478. The monoisotopic (exact) mass is 288 g/mol. The molecule has 2 atom stereocenters. The summed E-state index contributed by atoms with van der Waals surface area (Å²) >= 11 is 11.8. The molecule has 2 rings (SSSR count). The van der Waals surface area contributed by atoms with Crippen LogP contribution in [0.3, 0.4) is 0 Å². The molecule has 18 heavy (non-hydrogen) atoms. The Morgan fingerprint density at radius 2 is 2.33 bits per heavy atom. The van der Waals surface area contributed by atoms with Crippen molar-refractivity contribution in [2.24, 2.45) is 5.92 Å². The van der Waals surface area contributed by atoms with Crippen LogP contribution in [-0.2, 0) is 0 Å². The van der Waals surface area contributed by atoms with Gasteiger partial charge in [0.25, 0.3) is 0 Å². The van der Waals surface area contributed by atoms with Crippen molar-refractivity contribution in [2.45, 2.75) is 38.2 Å². The number of nitrogens with one attached hydrogen (secondary N) is 1. The Morgan fingerprint density at radius 3 is 3.00 bits per heavy atom. The average molecular weight is 289 g/mol. The molecule has 0 saturated heterocycles. The van der Waals surface area contributed by atoms with Gasteiger partial charge in [-0.25, -0.2) is 4.98 Å². The second kappa shape index (κ2) is 5.64. The molecule has 1 aliphatic rings. The molecule has 0 amide bonds. The highest BCUT2D eigenvalue weighted by Gasteiger charge is 2.32. The van der Waals surface area contributed by atoms with Crippen molar-refractivity contribution in [3.8, 4) is 0 Å². The van der Waals surface area contributed by atoms with E-state index in [-0.39, 0.29) is 0 Å². The maximum atomic E-state index is 10.5. The summed E-state index contributed by atoms with van der Waals surface area (Å²) in [5.41, 5.74) is -0.650. The lowest BCUT2D eigenvalue weighted by Gasteiger charge is -2.35. The molecule has 0 radical (unpaired) electrons. The number of halogens is 2. The van der Waals surface area contributed by atoms with Crippen molar-refractivity contribution in [3.63, 3.8) is 0 Å². The van der Waals surface area contributed by atoms with Crippen LogP contribution < -0.4 is 5.32 Å². The molecule has 3 nitrogen and oxygen atoms in total. The molecule has 100 valence electrons. The Balaban J connectivity index is 1.98. The molecule has 0 bridgehead atoms. The zero-order chi connectivity index (χ0) is 13.2. The Kier molecular flexibility index (Phi) is 4.36. The predicted molar refractivity (Wildman–Crippen MR) is 75.3 cm³/mol. The predicted octanol–water partition coefficient (Wildman–Crippen LogP) is 3.74. The van der Waals surface area contributed by atoms with Crippen molar-refractivity contribution < 1.29 is 5.11 Å². The van der Waals surface area contributed by atoms with Crippen molar-refractivity contribution in [3.05, 3.63) is 22.3 Å². The van der Waals surface area contributed by atoms with Crippen LogP contribution in [-0.4, -0.2) is 22.2 Å². The van der Waals surface area contributed by atoms with Crippen LogP contribution in [0, 0.1) is 5.92 Å². The molecule has 1 aromatic heterocycles. The Hall–Kier alpha value is -0.510. The van der Waals surface area contributed by atoms with Crippen LogP contribution in [0.4, 0.5) is 5.82 Å². The molecule has 2 unspecified atom stereocenters. The topological polar surface area (TPSA) is 45.1 Å². The third kappa shape index (κ3) is 3.50. The lowest BCUT2D eigenvalue weighted by Crippen LogP contribution is -2.41. The van der Waals surface area contributed by atoms with Gasteiger partial charge in [-0.15, -0.1) is 0 Å². The summed E-state index contributed by atoms with van der Waals surface area (Å²) in [4.78, 5) is 4.13. The minimum Gasteiger partial charge on any atom is -0.388 e. The smallest absolute Gasteiger partial charge is 0.144 e. The number of rotatable bonds is 3. The highest BCUT2D eigenvalue weighted by molar-refractivity contribution is 6.35. The van der Waals surface area contributed by atoms with Gasteiger partial charge in [0.05, 0.1) is 15.6 Å². The molecule has 0 aromatic carbocycles. The first-order valence-corrected chi connectivity index (χ1v) is 7.01. The van der Waals surface area contributed by atoms with Crippen LogP contribution in [0.15, 0.2) is 12.3 Å². The minimum atomic E-state index is -0.650. The first-order chi connectivity index (χ1) is 8.48. The third-order valence-corrected chi connectivity index (χ3v) is 3.95. The van der Waals surface area contributed by atoms with Gasteiger partial charge in [0.15, 0.2) is 0 Å². The van der Waals surface area contributed by atoms with E-state index in [0.29, 0.717) is 28.3 Å². The van der Waals surface area contributed by atoms with Crippen molar-refractivity contribution in [2.75, 3.05) is 11.9 Å². The summed E-state index contributed by atoms with van der Waals surface area (Å²) in [5, 5.41) is 14.6. The first kappa shape index (κ1) is 13.9. The van der Waals surface area contributed by atoms with Gasteiger partial charge in [0, 0.05) is 12.7 Å². The number of nitrogens with zero attached hydrogens (tertiary/aromatic N) is 1. The van der Waals surface area contributed by atoms with Crippen LogP contribution in [0.1, 0.15) is 32.6 Å². The van der Waals surface area contributed by atoms with E-state index in [9.17, 15) is 5.11 Å². The van der Waals surface area contributed by atoms with Crippen LogP contribution in [0.2, 0.25) is 10.0 Å². The molecular formula is C13H18Cl2N2O. The fourth-order valence-corrected chi connectivity index (χ4v) is 3.03. The molecule has 5 heteroatoms. The Bertz CT molecular complexity index is 427. The number of hydrogen-bond donors (Lipinski definition) is 2. The molecule has 1 aliphatic carbocycles. The van der Waals surface area contributed by atoms with Crippen molar-refractivity contribution in [1.82, 2.24) is 4.98 Å². The fourth-order valence-electron chi connectivity index (χ4n) is 2.59. The van der Waals surface area contributed by atoms with Crippen LogP contribution >= 0.6 is 23.2 Å². The van der Waals surface area contributed by atoms with Gasteiger partial charge in [-0.1, -0.05) is 43.0 Å². The van der Waals surface area contributed by atoms with E-state index in [4.69, 9.17) is 23.2 Å². The second-order valence-corrected chi connectivity index (χ2v) is 6.11. The van der Waals surface area contributed by atoms with Gasteiger partial charge in [-0.3, -0.25) is 0 Å². The molecule has 1 aromatic rings. The molecule has 1 heterocycles. The fraction of sp³-hybridized carbons (Fsp3) is 0.615. The zero-order valence-corrected chi connectivity index (χ0v) is 11.9. The first-order valence-electron chi connectivity index (χ1n) is 6.26. The van der Waals surface area contributed by atoms with E-state index in [1.807, 2.05) is 0 Å². The van der Waals surface area contributed by atoms with Gasteiger partial charge in [-0.2, -0.15) is 0 Å². The lowest BCUT2D eigenvalue weighted by atomic mass is 9.79. The normalized spacial score (nSPS) is 28.1. The van der Waals surface area contributed by atoms with E-state index >= 15 is 0 Å². The van der Waals surface area contributed by atoms with Gasteiger partial charge in [-0.05, 0) is 24.8 Å². The number of hydrogen-bond acceptors (Lipinski definition) is 3. The summed E-state index contributed by atoms with van der Waals surface area (Å²) in [6.45, 7) is 2.66. The van der Waals surface area contributed by atoms with Gasteiger partial charge in [0.2, 0.25) is 0 Å². The molecule has 1 saturated carbocycles. The van der Waals surface area contributed by atoms with Crippen LogP contribution in [0.25, 0.3) is 0 Å². The highest BCUT2D eigenvalue weighted by Crippen LogP contribution is 2.33. The molecule has 1 fully saturated rings. The number of pyridine rings is 1. The summed E-state index contributed by atoms with van der Waals surface area (Å²) in [6, 6.07) is 1.64. The number of anilines is 1. The maximum Gasteiger partial charge on any atom is 0.144 e. The second-order valence-electron chi connectivity index (χ2n) is 5.26. The van der Waals surface area contributed by atoms with Gasteiger partial charge >= 0.3 is 0 Å². The average Bonchev–Trinajstić information content (AvgIpc) is 2.27. The maximum absolute atomic E-state index is 10.5. The lowest BCUT2D eigenvalue weighted by molar-refractivity contribution is -0.000822. The summed E-state index contributed by atoms with van der Waals surface area (Å²) in [6.07, 6.45) is 5.47. The molecule has 2 N–H and O–H groups in total. The summed E-state index contributed by atoms with van der Waals surface area (Å²) < 4.78 is 0. The SMILES string of the molecule is CC1CCCC(O)(CNc2ncc(Cl)cc2Cl)C1. The highest BCUT2D eigenvalue weighted by atomic mass is 35.5. The van der Waals surface area contributed by atoms with E-state index in [2.05, 4.69) is 17.2 Å². The van der Waals surface area contributed by atoms with E-state index < -0.39 is 5.60 Å². The van der Waals surface area contributed by atoms with E-state index in [1.165, 1.54) is 6.42 Å². The van der Waals surface area contributed by atoms with Crippen LogP contribution in [0.5, 0.6) is 0 Å².